The van der Waals surface area contributed by atoms with E-state index in [1.807, 2.05) is 0 Å². The Bertz CT molecular complexity index is 852. The summed E-state index contributed by atoms with van der Waals surface area (Å²) in [4.78, 5) is 24.7. The number of ketones is 1. The summed E-state index contributed by atoms with van der Waals surface area (Å²) >= 11 is 0.866. The number of anilines is 1. The molecule has 0 aliphatic carbocycles. The van der Waals surface area contributed by atoms with E-state index in [0.717, 1.165) is 23.9 Å². The molecule has 0 fully saturated rings. The lowest BCUT2D eigenvalue weighted by Crippen LogP contribution is -2.46. The zero-order valence-electron chi connectivity index (χ0n) is 15.2. The third kappa shape index (κ3) is 5.57. The predicted octanol–water partition coefficient (Wildman–Crippen LogP) is 4.67. The van der Waals surface area contributed by atoms with E-state index in [0.29, 0.717) is 5.56 Å². The Morgan fingerprint density at radius 2 is 1.71 bits per heavy atom. The topological polar surface area (TPSA) is 81.4 Å². The van der Waals surface area contributed by atoms with E-state index in [1.54, 1.807) is 18.2 Å². The fraction of sp³-hybridized carbons (Fsp3) is 0.263. The average molecular weight is 412 g/mol. The van der Waals surface area contributed by atoms with Gasteiger partial charge in [0.1, 0.15) is 0 Å². The Hall–Kier alpha value is -2.36. The van der Waals surface area contributed by atoms with Gasteiger partial charge in [0.2, 0.25) is 5.78 Å². The Morgan fingerprint density at radius 1 is 1.11 bits per heavy atom. The van der Waals surface area contributed by atoms with Crippen molar-refractivity contribution in [2.45, 2.75) is 24.6 Å². The molecule has 1 unspecified atom stereocenters. The maximum Gasteiger partial charge on any atom is 0.416 e. The summed E-state index contributed by atoms with van der Waals surface area (Å²) in [5.41, 5.74) is 4.53. The first-order valence-corrected chi connectivity index (χ1v) is 9.11. The molecule has 3 N–H and O–H groups in total. The van der Waals surface area contributed by atoms with Crippen molar-refractivity contribution in [1.82, 2.24) is 0 Å². The number of hydrogen-bond acceptors (Lipinski definition) is 5. The Balaban J connectivity index is 2.03. The van der Waals surface area contributed by atoms with Gasteiger partial charge in [-0.2, -0.15) is 13.2 Å². The van der Waals surface area contributed by atoms with Crippen molar-refractivity contribution in [3.05, 3.63) is 65.2 Å². The lowest BCUT2D eigenvalue weighted by molar-refractivity contribution is -0.137. The van der Waals surface area contributed by atoms with Crippen molar-refractivity contribution >= 4 is 28.5 Å². The molecular formula is C19H19F3N2O3S. The van der Waals surface area contributed by atoms with Gasteiger partial charge >= 0.3 is 6.18 Å². The molecule has 2 rings (SSSR count). The SMILES string of the molecule is COC(C)(N)C(=O)c1ccccc1NC(=O)SCc1ccc(C(F)(F)F)cc1. The van der Waals surface area contributed by atoms with Crippen LogP contribution >= 0.6 is 11.8 Å². The number of alkyl halides is 3. The summed E-state index contributed by atoms with van der Waals surface area (Å²) in [5.74, 6) is -0.328. The Morgan fingerprint density at radius 3 is 2.29 bits per heavy atom. The zero-order chi connectivity index (χ0) is 20.9. The molecule has 0 spiro atoms. The van der Waals surface area contributed by atoms with Gasteiger partial charge in [-0.05, 0) is 36.8 Å². The second kappa shape index (κ2) is 8.76. The van der Waals surface area contributed by atoms with Gasteiger partial charge in [-0.25, -0.2) is 0 Å². The molecule has 0 aliphatic rings. The van der Waals surface area contributed by atoms with Gasteiger partial charge in [0.25, 0.3) is 5.24 Å². The van der Waals surface area contributed by atoms with E-state index in [-0.39, 0.29) is 17.0 Å². The van der Waals surface area contributed by atoms with Gasteiger partial charge in [0.15, 0.2) is 5.72 Å². The smallest absolute Gasteiger partial charge is 0.357 e. The van der Waals surface area contributed by atoms with E-state index in [1.165, 1.54) is 32.2 Å². The molecule has 28 heavy (non-hydrogen) atoms. The fourth-order valence-electron chi connectivity index (χ4n) is 2.24. The number of methoxy groups -OCH3 is 1. The molecule has 5 nitrogen and oxygen atoms in total. The monoisotopic (exact) mass is 412 g/mol. The van der Waals surface area contributed by atoms with Gasteiger partial charge in [-0.3, -0.25) is 15.3 Å². The van der Waals surface area contributed by atoms with Crippen molar-refractivity contribution in [1.29, 1.82) is 0 Å². The van der Waals surface area contributed by atoms with Crippen LogP contribution in [0.3, 0.4) is 0 Å². The van der Waals surface area contributed by atoms with Crippen LogP contribution in [0.1, 0.15) is 28.4 Å². The maximum absolute atomic E-state index is 12.6. The van der Waals surface area contributed by atoms with Crippen molar-refractivity contribution in [2.75, 3.05) is 12.4 Å². The normalized spacial score (nSPS) is 13.6. The first-order valence-electron chi connectivity index (χ1n) is 8.12. The van der Waals surface area contributed by atoms with Crippen LogP contribution in [0.15, 0.2) is 48.5 Å². The number of benzene rings is 2. The number of ether oxygens (including phenoxy) is 1. The summed E-state index contributed by atoms with van der Waals surface area (Å²) < 4.78 is 42.7. The van der Waals surface area contributed by atoms with Gasteiger partial charge in [0.05, 0.1) is 11.3 Å². The lowest BCUT2D eigenvalue weighted by atomic mass is 10.0. The van der Waals surface area contributed by atoms with Crippen LogP contribution in [-0.4, -0.2) is 23.9 Å². The minimum absolute atomic E-state index is 0.173. The average Bonchev–Trinajstić information content (AvgIpc) is 2.66. The number of nitrogens with two attached hydrogens (primary N) is 1. The van der Waals surface area contributed by atoms with E-state index in [4.69, 9.17) is 10.5 Å². The van der Waals surface area contributed by atoms with Crippen LogP contribution in [0.25, 0.3) is 0 Å². The van der Waals surface area contributed by atoms with Crippen LogP contribution in [0.5, 0.6) is 0 Å². The highest BCUT2D eigenvalue weighted by Gasteiger charge is 2.31. The first-order chi connectivity index (χ1) is 13.0. The summed E-state index contributed by atoms with van der Waals surface area (Å²) in [6, 6.07) is 10.9. The van der Waals surface area contributed by atoms with Crippen molar-refractivity contribution in [3.8, 4) is 0 Å². The highest BCUT2D eigenvalue weighted by Crippen LogP contribution is 2.30. The molecule has 0 aromatic heterocycles. The standard InChI is InChI=1S/C19H19F3N2O3S/c1-18(23,27-2)16(25)14-5-3-4-6-15(14)24-17(26)28-11-12-7-9-13(10-8-12)19(20,21)22/h3-10H,11,23H2,1-2H3,(H,24,26). The molecule has 2 aromatic rings. The Kier molecular flexibility index (Phi) is 6.87. The number of amides is 1. The van der Waals surface area contributed by atoms with Crippen LogP contribution < -0.4 is 11.1 Å². The highest BCUT2D eigenvalue weighted by atomic mass is 32.2. The summed E-state index contributed by atoms with van der Waals surface area (Å²) in [6.07, 6.45) is -4.40. The number of hydrogen-bond donors (Lipinski definition) is 2. The number of halogens is 3. The zero-order valence-corrected chi connectivity index (χ0v) is 16.0. The molecule has 0 radical (unpaired) electrons. The second-order valence-electron chi connectivity index (χ2n) is 6.08. The van der Waals surface area contributed by atoms with Crippen molar-refractivity contribution in [2.24, 2.45) is 5.73 Å². The van der Waals surface area contributed by atoms with Gasteiger partial charge in [0, 0.05) is 18.4 Å². The van der Waals surface area contributed by atoms with E-state index in [9.17, 15) is 22.8 Å². The number of rotatable bonds is 6. The number of para-hydroxylation sites is 1. The number of nitrogens with one attached hydrogen (secondary N) is 1. The van der Waals surface area contributed by atoms with Gasteiger partial charge in [-0.15, -0.1) is 0 Å². The maximum atomic E-state index is 12.6. The van der Waals surface area contributed by atoms with Crippen LogP contribution in [-0.2, 0) is 16.7 Å². The molecule has 2 aromatic carbocycles. The largest absolute Gasteiger partial charge is 0.416 e. The summed E-state index contributed by atoms with van der Waals surface area (Å²) in [7, 11) is 1.30. The second-order valence-corrected chi connectivity index (χ2v) is 7.03. The summed E-state index contributed by atoms with van der Waals surface area (Å²) in [6.45, 7) is 1.41. The highest BCUT2D eigenvalue weighted by molar-refractivity contribution is 8.13. The fourth-order valence-corrected chi connectivity index (χ4v) is 2.91. The number of carbonyl (C=O) groups is 2. The molecular weight excluding hydrogens is 393 g/mol. The third-order valence-corrected chi connectivity index (χ3v) is 4.78. The molecule has 0 saturated carbocycles. The van der Waals surface area contributed by atoms with Crippen molar-refractivity contribution in [3.63, 3.8) is 0 Å². The molecule has 9 heteroatoms. The van der Waals surface area contributed by atoms with E-state index in [2.05, 4.69) is 5.32 Å². The summed E-state index contributed by atoms with van der Waals surface area (Å²) in [5, 5.41) is 2.14. The molecule has 0 bridgehead atoms. The number of Topliss-reactive ketones (excluding diaryl/α,β-unsaturated/α-hetero) is 1. The minimum Gasteiger partial charge on any atom is -0.357 e. The molecule has 0 heterocycles. The quantitative estimate of drug-likeness (QED) is 0.532. The third-order valence-electron chi connectivity index (χ3n) is 3.93. The van der Waals surface area contributed by atoms with Crippen molar-refractivity contribution < 1.29 is 27.5 Å². The molecule has 150 valence electrons. The number of carbonyl (C=O) groups excluding carboxylic acids is 2. The molecule has 0 saturated heterocycles. The van der Waals surface area contributed by atoms with Gasteiger partial charge < -0.3 is 10.1 Å². The minimum atomic E-state index is -4.40. The molecule has 0 aliphatic heterocycles. The van der Waals surface area contributed by atoms with Crippen LogP contribution in [0.4, 0.5) is 23.7 Å². The molecule has 1 amide bonds. The van der Waals surface area contributed by atoms with Crippen LogP contribution in [0, 0.1) is 0 Å². The predicted molar refractivity (Wildman–Crippen MR) is 102 cm³/mol. The van der Waals surface area contributed by atoms with E-state index < -0.39 is 28.5 Å². The van der Waals surface area contributed by atoms with E-state index >= 15 is 0 Å². The molecule has 1 atom stereocenters. The van der Waals surface area contributed by atoms with Crippen LogP contribution in [0.2, 0.25) is 0 Å². The number of thioether (sulfide) groups is 1. The van der Waals surface area contributed by atoms with Gasteiger partial charge in [-0.1, -0.05) is 36.0 Å². The lowest BCUT2D eigenvalue weighted by Gasteiger charge is -2.22. The first kappa shape index (κ1) is 21.9. The Labute approximate surface area is 164 Å².